The van der Waals surface area contributed by atoms with Crippen LogP contribution in [0.2, 0.25) is 0 Å². The number of ether oxygens (including phenoxy) is 3. The average Bonchev–Trinajstić information content (AvgIpc) is 3.06. The van der Waals surface area contributed by atoms with Gasteiger partial charge in [0.1, 0.15) is 12.6 Å². The lowest BCUT2D eigenvalue weighted by molar-refractivity contribution is -0.889. The quantitative estimate of drug-likeness (QED) is 0.0301. The van der Waals surface area contributed by atoms with Gasteiger partial charge in [-0.15, -0.1) is 0 Å². The number of carbonyl (C=O) groups excluding carboxylic acids is 3. The molecule has 0 saturated carbocycles. The first-order valence-electron chi connectivity index (χ1n) is 19.0. The molecule has 0 amide bonds. The van der Waals surface area contributed by atoms with Crippen LogP contribution in [0.4, 0.5) is 0 Å². The molecule has 0 aromatic heterocycles. The maximum Gasteiger partial charge on any atom is 0.306 e. The maximum atomic E-state index is 12.5. The normalized spacial score (nSPS) is 13.9. The topological polar surface area (TPSA) is 102 Å². The number of unbranched alkanes of at least 4 members (excludes halogenated alkanes) is 6. The van der Waals surface area contributed by atoms with E-state index in [0.717, 1.165) is 70.6 Å². The fraction of sp³-hybridized carbons (Fsp3) is 0.643. The lowest BCUT2D eigenvalue weighted by Crippen LogP contribution is -2.55. The molecule has 2 atom stereocenters. The van der Waals surface area contributed by atoms with Crippen LogP contribution in [0.3, 0.4) is 0 Å². The van der Waals surface area contributed by atoms with Gasteiger partial charge in [0.25, 0.3) is 0 Å². The minimum atomic E-state index is -1.14. The molecular formula is C42H69NO7. The summed E-state index contributed by atoms with van der Waals surface area (Å²) in [5.74, 6) is -1.86. The molecule has 2 unspecified atom stereocenters. The average molecular weight is 700 g/mol. The van der Waals surface area contributed by atoms with Crippen molar-refractivity contribution in [2.45, 2.75) is 135 Å². The summed E-state index contributed by atoms with van der Waals surface area (Å²) < 4.78 is 16.9. The first kappa shape index (κ1) is 46.8. The fourth-order valence-corrected chi connectivity index (χ4v) is 4.88. The van der Waals surface area contributed by atoms with E-state index >= 15 is 0 Å². The zero-order chi connectivity index (χ0) is 37.1. The van der Waals surface area contributed by atoms with Gasteiger partial charge in [-0.25, -0.2) is 0 Å². The van der Waals surface area contributed by atoms with Crippen LogP contribution in [-0.2, 0) is 28.6 Å². The number of hydrogen-bond acceptors (Lipinski definition) is 7. The Balaban J connectivity index is 4.41. The van der Waals surface area contributed by atoms with Gasteiger partial charge in [-0.3, -0.25) is 9.59 Å². The Kier molecular flexibility index (Phi) is 30.8. The molecule has 0 aromatic rings. The molecule has 284 valence electrons. The van der Waals surface area contributed by atoms with Gasteiger partial charge < -0.3 is 28.6 Å². The summed E-state index contributed by atoms with van der Waals surface area (Å²) in [5.41, 5.74) is 0. The van der Waals surface area contributed by atoms with Gasteiger partial charge in [-0.05, 0) is 70.6 Å². The number of quaternary nitrogens is 1. The molecule has 0 rings (SSSR count). The minimum absolute atomic E-state index is 0.00996. The molecule has 0 spiro atoms. The number of aliphatic carboxylic acids is 1. The molecule has 50 heavy (non-hydrogen) atoms. The summed E-state index contributed by atoms with van der Waals surface area (Å²) in [6.07, 6.45) is 39.6. The van der Waals surface area contributed by atoms with Crippen LogP contribution < -0.4 is 5.11 Å². The lowest BCUT2D eigenvalue weighted by atomic mass is 10.1. The highest BCUT2D eigenvalue weighted by Crippen LogP contribution is 2.10. The van der Waals surface area contributed by atoms with E-state index in [2.05, 4.69) is 80.7 Å². The van der Waals surface area contributed by atoms with E-state index in [1.807, 2.05) is 6.08 Å². The van der Waals surface area contributed by atoms with E-state index in [1.54, 1.807) is 21.1 Å². The predicted octanol–water partition coefficient (Wildman–Crippen LogP) is 8.29. The third-order valence-electron chi connectivity index (χ3n) is 7.84. The van der Waals surface area contributed by atoms with Crippen molar-refractivity contribution in [1.82, 2.24) is 0 Å². The van der Waals surface area contributed by atoms with E-state index in [0.29, 0.717) is 12.8 Å². The highest BCUT2D eigenvalue weighted by Gasteiger charge is 2.25. The number of hydrogen-bond donors (Lipinski definition) is 0. The Labute approximate surface area is 304 Å². The molecule has 0 aromatic carbocycles. The van der Waals surface area contributed by atoms with Gasteiger partial charge in [-0.1, -0.05) is 106 Å². The smallest absolute Gasteiger partial charge is 0.306 e. The summed E-state index contributed by atoms with van der Waals surface area (Å²) in [6.45, 7) is 4.37. The van der Waals surface area contributed by atoms with Gasteiger partial charge in [0, 0.05) is 19.3 Å². The summed E-state index contributed by atoms with van der Waals surface area (Å²) in [7, 11) is 5.36. The number of rotatable bonds is 32. The second kappa shape index (κ2) is 32.9. The van der Waals surface area contributed by atoms with Crippen LogP contribution in [-0.4, -0.2) is 75.5 Å². The summed E-state index contributed by atoms with van der Waals surface area (Å²) >= 11 is 0. The molecule has 0 fully saturated rings. The van der Waals surface area contributed by atoms with Crippen molar-refractivity contribution in [1.29, 1.82) is 0 Å². The molecular weight excluding hydrogens is 630 g/mol. The van der Waals surface area contributed by atoms with Crippen molar-refractivity contribution in [2.24, 2.45) is 0 Å². The van der Waals surface area contributed by atoms with Crippen LogP contribution in [0.15, 0.2) is 72.9 Å². The third-order valence-corrected chi connectivity index (χ3v) is 7.84. The van der Waals surface area contributed by atoms with Crippen LogP contribution >= 0.6 is 0 Å². The van der Waals surface area contributed by atoms with Crippen molar-refractivity contribution in [3.63, 3.8) is 0 Å². The highest BCUT2D eigenvalue weighted by atomic mass is 16.6. The van der Waals surface area contributed by atoms with Crippen molar-refractivity contribution in [2.75, 3.05) is 41.0 Å². The Bertz CT molecular complexity index is 1050. The standard InChI is InChI=1S/C42H69NO7/c1-6-8-10-12-14-15-16-17-18-19-20-21-22-23-24-25-27-28-30-32-40(44)49-37-38(36-48-35-34-39(42(46)47)43(3,4)5)50-41(45)33-31-29-26-13-11-9-7-2/h8,10,14-15,17-18,20-21,23-24,26,29,38-39H,6-7,9,11-13,16,19,22,25,27-28,30-37H2,1-5H3/b10-8+,15-14+,18-17+,21-20+,24-23+,29-26+. The number of carboxylic acid groups (broad SMARTS) is 1. The molecule has 0 radical (unpaired) electrons. The summed E-state index contributed by atoms with van der Waals surface area (Å²) in [4.78, 5) is 36.5. The van der Waals surface area contributed by atoms with E-state index in [9.17, 15) is 19.5 Å². The fourth-order valence-electron chi connectivity index (χ4n) is 4.88. The number of carbonyl (C=O) groups is 3. The Morgan fingerprint density at radius 3 is 1.72 bits per heavy atom. The zero-order valence-electron chi connectivity index (χ0n) is 32.0. The third kappa shape index (κ3) is 30.8. The number of esters is 2. The Hall–Kier alpha value is -3.23. The summed E-state index contributed by atoms with van der Waals surface area (Å²) in [6, 6.07) is -0.737. The molecule has 0 aliphatic rings. The molecule has 0 N–H and O–H groups in total. The second-order valence-corrected chi connectivity index (χ2v) is 13.4. The number of carboxylic acids is 1. The van der Waals surface area contributed by atoms with Gasteiger partial charge in [0.15, 0.2) is 6.10 Å². The van der Waals surface area contributed by atoms with Crippen LogP contribution in [0.25, 0.3) is 0 Å². The lowest BCUT2D eigenvalue weighted by Gasteiger charge is -2.34. The molecule has 0 aliphatic carbocycles. The van der Waals surface area contributed by atoms with Gasteiger partial charge in [-0.2, -0.15) is 0 Å². The van der Waals surface area contributed by atoms with Crippen molar-refractivity contribution >= 4 is 17.9 Å². The molecule has 0 aliphatic heterocycles. The predicted molar refractivity (Wildman–Crippen MR) is 203 cm³/mol. The van der Waals surface area contributed by atoms with Crippen LogP contribution in [0, 0.1) is 0 Å². The highest BCUT2D eigenvalue weighted by molar-refractivity contribution is 5.70. The van der Waals surface area contributed by atoms with E-state index in [-0.39, 0.29) is 49.1 Å². The Morgan fingerprint density at radius 2 is 1.16 bits per heavy atom. The molecule has 8 heteroatoms. The maximum absolute atomic E-state index is 12.5. The first-order chi connectivity index (χ1) is 24.1. The summed E-state index contributed by atoms with van der Waals surface area (Å²) in [5, 5.41) is 11.5. The van der Waals surface area contributed by atoms with Crippen molar-refractivity contribution in [3.8, 4) is 0 Å². The van der Waals surface area contributed by atoms with E-state index in [1.165, 1.54) is 12.8 Å². The molecule has 0 saturated heterocycles. The molecule has 0 heterocycles. The second-order valence-electron chi connectivity index (χ2n) is 13.4. The first-order valence-corrected chi connectivity index (χ1v) is 19.0. The van der Waals surface area contributed by atoms with Crippen molar-refractivity contribution < 1.29 is 38.2 Å². The van der Waals surface area contributed by atoms with Crippen molar-refractivity contribution in [3.05, 3.63) is 72.9 Å². The van der Waals surface area contributed by atoms with Gasteiger partial charge in [0.2, 0.25) is 0 Å². The van der Waals surface area contributed by atoms with E-state index < -0.39 is 18.1 Å². The SMILES string of the molecule is CC/C=C/C/C=C/C/C=C/C/C=C/C/C=C/CCCCCC(=O)OCC(COCCC(C(=O)[O-])[N+](C)(C)C)OC(=O)CC/C=C/CCCCC. The largest absolute Gasteiger partial charge is 0.544 e. The van der Waals surface area contributed by atoms with Crippen LogP contribution in [0.5, 0.6) is 0 Å². The Morgan fingerprint density at radius 1 is 0.620 bits per heavy atom. The molecule has 8 nitrogen and oxygen atoms in total. The van der Waals surface area contributed by atoms with Crippen LogP contribution in [0.1, 0.15) is 123 Å². The minimum Gasteiger partial charge on any atom is -0.544 e. The zero-order valence-corrected chi connectivity index (χ0v) is 32.0. The number of allylic oxidation sites excluding steroid dienone is 12. The number of likely N-dealkylation sites (N-methyl/N-ethyl adjacent to an activating group) is 1. The van der Waals surface area contributed by atoms with E-state index in [4.69, 9.17) is 14.2 Å². The van der Waals surface area contributed by atoms with Gasteiger partial charge in [0.05, 0.1) is 40.3 Å². The number of nitrogens with zero attached hydrogens (tertiary/aromatic N) is 1. The molecule has 0 bridgehead atoms. The monoisotopic (exact) mass is 700 g/mol. The van der Waals surface area contributed by atoms with Gasteiger partial charge >= 0.3 is 11.9 Å².